The van der Waals surface area contributed by atoms with Crippen molar-refractivity contribution in [1.82, 2.24) is 0 Å². The Hall–Kier alpha value is -3.88. The van der Waals surface area contributed by atoms with Gasteiger partial charge >= 0.3 is 5.97 Å². The Morgan fingerprint density at radius 3 is 2.26 bits per heavy atom. The Morgan fingerprint density at radius 1 is 0.857 bits per heavy atom. The molecule has 0 saturated carbocycles. The number of phenols is 1. The SMILES string of the molecule is O=C(Nc1cc(-c2ccccc2)ccc1C(=O)O)c1cc(N2CCC3(CC2)OCCO3)ccc1O. The number of rotatable bonds is 5. The highest BCUT2D eigenvalue weighted by Gasteiger charge is 2.39. The number of aromatic carboxylic acids is 1. The lowest BCUT2D eigenvalue weighted by atomic mass is 10.0. The molecule has 8 heteroatoms. The number of benzene rings is 3. The summed E-state index contributed by atoms with van der Waals surface area (Å²) in [6.45, 7) is 2.59. The average molecular weight is 475 g/mol. The van der Waals surface area contributed by atoms with E-state index in [0.717, 1.165) is 16.8 Å². The standard InChI is InChI=1S/C27H26N2O6/c30-24-9-7-20(29-12-10-27(11-13-29)34-14-15-35-27)17-22(24)25(31)28-23-16-19(6-8-21(23)26(32)33)18-4-2-1-3-5-18/h1-9,16-17,30H,10-15H2,(H,28,31)(H,32,33). The van der Waals surface area contributed by atoms with Gasteiger partial charge in [0.15, 0.2) is 5.79 Å². The fourth-order valence-corrected chi connectivity index (χ4v) is 4.63. The lowest BCUT2D eigenvalue weighted by Gasteiger charge is -2.38. The lowest BCUT2D eigenvalue weighted by Crippen LogP contribution is -2.45. The Balaban J connectivity index is 1.38. The molecule has 3 aromatic carbocycles. The van der Waals surface area contributed by atoms with Gasteiger partial charge in [-0.25, -0.2) is 4.79 Å². The number of carboxylic acid groups (broad SMARTS) is 1. The Bertz CT molecular complexity index is 1240. The van der Waals surface area contributed by atoms with Crippen LogP contribution in [0.4, 0.5) is 11.4 Å². The summed E-state index contributed by atoms with van der Waals surface area (Å²) < 4.78 is 11.6. The molecule has 0 aromatic heterocycles. The van der Waals surface area contributed by atoms with Crippen molar-refractivity contribution < 1.29 is 29.3 Å². The topological polar surface area (TPSA) is 108 Å². The predicted molar refractivity (Wildman–Crippen MR) is 131 cm³/mol. The van der Waals surface area contributed by atoms with Gasteiger partial charge in [-0.15, -0.1) is 0 Å². The van der Waals surface area contributed by atoms with Crippen LogP contribution in [0.5, 0.6) is 5.75 Å². The molecular formula is C27H26N2O6. The quantitative estimate of drug-likeness (QED) is 0.504. The second kappa shape index (κ2) is 9.40. The van der Waals surface area contributed by atoms with Crippen molar-refractivity contribution in [2.75, 3.05) is 36.5 Å². The zero-order chi connectivity index (χ0) is 24.4. The van der Waals surface area contributed by atoms with E-state index in [1.807, 2.05) is 30.3 Å². The smallest absolute Gasteiger partial charge is 0.337 e. The molecule has 2 heterocycles. The Kier molecular flexibility index (Phi) is 6.15. The number of hydrogen-bond donors (Lipinski definition) is 3. The van der Waals surface area contributed by atoms with E-state index in [9.17, 15) is 19.8 Å². The third-order valence-corrected chi connectivity index (χ3v) is 6.53. The summed E-state index contributed by atoms with van der Waals surface area (Å²) in [7, 11) is 0. The number of piperidine rings is 1. The van der Waals surface area contributed by atoms with Crippen LogP contribution < -0.4 is 10.2 Å². The van der Waals surface area contributed by atoms with Crippen LogP contribution in [-0.4, -0.2) is 54.2 Å². The molecule has 0 radical (unpaired) electrons. The third-order valence-electron chi connectivity index (χ3n) is 6.53. The number of carbonyl (C=O) groups excluding carboxylic acids is 1. The molecule has 3 aromatic rings. The van der Waals surface area contributed by atoms with Crippen molar-refractivity contribution in [1.29, 1.82) is 0 Å². The number of aromatic hydroxyl groups is 1. The molecule has 1 spiro atoms. The first-order valence-corrected chi connectivity index (χ1v) is 11.5. The number of amides is 1. The van der Waals surface area contributed by atoms with Gasteiger partial charge in [0.25, 0.3) is 5.91 Å². The van der Waals surface area contributed by atoms with Crippen molar-refractivity contribution in [2.24, 2.45) is 0 Å². The maximum Gasteiger partial charge on any atom is 0.337 e. The monoisotopic (exact) mass is 474 g/mol. The largest absolute Gasteiger partial charge is 0.507 e. The third kappa shape index (κ3) is 4.71. The Morgan fingerprint density at radius 2 is 1.57 bits per heavy atom. The highest BCUT2D eigenvalue weighted by atomic mass is 16.7. The van der Waals surface area contributed by atoms with Gasteiger partial charge in [0.2, 0.25) is 0 Å². The summed E-state index contributed by atoms with van der Waals surface area (Å²) in [5.74, 6) is -2.44. The van der Waals surface area contributed by atoms with Crippen molar-refractivity contribution in [3.05, 3.63) is 77.9 Å². The van der Waals surface area contributed by atoms with Gasteiger partial charge < -0.3 is 29.9 Å². The van der Waals surface area contributed by atoms with E-state index in [-0.39, 0.29) is 22.6 Å². The van der Waals surface area contributed by atoms with Gasteiger partial charge in [-0.3, -0.25) is 4.79 Å². The number of nitrogens with one attached hydrogen (secondary N) is 1. The van der Waals surface area contributed by atoms with Crippen molar-refractivity contribution in [2.45, 2.75) is 18.6 Å². The summed E-state index contributed by atoms with van der Waals surface area (Å²) in [6.07, 6.45) is 1.42. The van der Waals surface area contributed by atoms with E-state index in [1.54, 1.807) is 24.3 Å². The van der Waals surface area contributed by atoms with Crippen LogP contribution in [0, 0.1) is 0 Å². The first kappa shape index (κ1) is 22.9. The highest BCUT2D eigenvalue weighted by molar-refractivity contribution is 6.10. The lowest BCUT2D eigenvalue weighted by molar-refractivity contribution is -0.169. The number of nitrogens with zero attached hydrogens (tertiary/aromatic N) is 1. The molecule has 35 heavy (non-hydrogen) atoms. The van der Waals surface area contributed by atoms with E-state index >= 15 is 0 Å². The normalized spacial score (nSPS) is 16.9. The maximum absolute atomic E-state index is 13.2. The van der Waals surface area contributed by atoms with Crippen LogP contribution in [0.2, 0.25) is 0 Å². The number of ether oxygens (including phenoxy) is 2. The van der Waals surface area contributed by atoms with E-state index in [2.05, 4.69) is 10.2 Å². The fraction of sp³-hybridized carbons (Fsp3) is 0.259. The first-order chi connectivity index (χ1) is 16.9. The van der Waals surface area contributed by atoms with E-state index in [1.165, 1.54) is 12.1 Å². The van der Waals surface area contributed by atoms with Crippen LogP contribution in [-0.2, 0) is 9.47 Å². The molecule has 3 N–H and O–H groups in total. The van der Waals surface area contributed by atoms with Crippen molar-refractivity contribution in [3.8, 4) is 16.9 Å². The summed E-state index contributed by atoms with van der Waals surface area (Å²) >= 11 is 0. The minimum absolute atomic E-state index is 0.0356. The molecule has 0 aliphatic carbocycles. The number of anilines is 2. The first-order valence-electron chi connectivity index (χ1n) is 11.5. The fourth-order valence-electron chi connectivity index (χ4n) is 4.63. The molecule has 8 nitrogen and oxygen atoms in total. The van der Waals surface area contributed by atoms with Crippen LogP contribution in [0.3, 0.4) is 0 Å². The second-order valence-electron chi connectivity index (χ2n) is 8.68. The minimum Gasteiger partial charge on any atom is -0.507 e. The molecule has 2 fully saturated rings. The summed E-state index contributed by atoms with van der Waals surface area (Å²) in [5.41, 5.74) is 2.64. The van der Waals surface area contributed by atoms with Gasteiger partial charge in [0.1, 0.15) is 5.75 Å². The van der Waals surface area contributed by atoms with Crippen LogP contribution in [0.1, 0.15) is 33.6 Å². The van der Waals surface area contributed by atoms with Gasteiger partial charge in [0.05, 0.1) is 30.0 Å². The molecular weight excluding hydrogens is 448 g/mol. The minimum atomic E-state index is -1.16. The van der Waals surface area contributed by atoms with Gasteiger partial charge in [0, 0.05) is 31.6 Å². The number of hydrogen-bond acceptors (Lipinski definition) is 6. The highest BCUT2D eigenvalue weighted by Crippen LogP contribution is 2.35. The predicted octanol–water partition coefficient (Wildman–Crippen LogP) is 4.35. The molecule has 5 rings (SSSR count). The van der Waals surface area contributed by atoms with E-state index < -0.39 is 17.7 Å². The van der Waals surface area contributed by atoms with Crippen molar-refractivity contribution >= 4 is 23.3 Å². The average Bonchev–Trinajstić information content (AvgIpc) is 3.33. The van der Waals surface area contributed by atoms with Gasteiger partial charge in [-0.05, 0) is 41.5 Å². The zero-order valence-corrected chi connectivity index (χ0v) is 19.1. The van der Waals surface area contributed by atoms with E-state index in [4.69, 9.17) is 9.47 Å². The van der Waals surface area contributed by atoms with E-state index in [0.29, 0.717) is 39.1 Å². The zero-order valence-electron chi connectivity index (χ0n) is 19.1. The number of carbonyl (C=O) groups is 2. The molecule has 180 valence electrons. The molecule has 2 aliphatic rings. The molecule has 1 amide bonds. The number of phenolic OH excluding ortho intramolecular Hbond substituents is 1. The molecule has 0 bridgehead atoms. The summed E-state index contributed by atoms with van der Waals surface area (Å²) in [4.78, 5) is 27.1. The maximum atomic E-state index is 13.2. The van der Waals surface area contributed by atoms with Gasteiger partial charge in [-0.2, -0.15) is 0 Å². The Labute approximate surface area is 202 Å². The van der Waals surface area contributed by atoms with Crippen LogP contribution in [0.15, 0.2) is 66.7 Å². The number of carboxylic acids is 1. The van der Waals surface area contributed by atoms with Gasteiger partial charge in [-0.1, -0.05) is 36.4 Å². The molecule has 2 aliphatic heterocycles. The van der Waals surface area contributed by atoms with Crippen LogP contribution in [0.25, 0.3) is 11.1 Å². The molecule has 0 atom stereocenters. The summed E-state index contributed by atoms with van der Waals surface area (Å²) in [5, 5.41) is 22.8. The molecule has 2 saturated heterocycles. The molecule has 0 unspecified atom stereocenters. The van der Waals surface area contributed by atoms with Crippen molar-refractivity contribution in [3.63, 3.8) is 0 Å². The summed E-state index contributed by atoms with van der Waals surface area (Å²) in [6, 6.07) is 19.1. The van der Waals surface area contributed by atoms with Crippen LogP contribution >= 0.6 is 0 Å². The second-order valence-corrected chi connectivity index (χ2v) is 8.68.